The maximum atomic E-state index is 13.1. The quantitative estimate of drug-likeness (QED) is 0.241. The average molecular weight is 670 g/mol. The van der Waals surface area contributed by atoms with Gasteiger partial charge >= 0.3 is 0 Å². The third-order valence-electron chi connectivity index (χ3n) is 6.40. The SMILES string of the molecule is COc1cc(/C=C2/SC(=Nc3cccc(C(=O)N4CCOCC4)c3)N(C)C2=O)cc(I)c1OCc1ccccc1. The number of aliphatic imine (C=N–C) groups is 1. The van der Waals surface area contributed by atoms with Crippen LogP contribution in [0.5, 0.6) is 11.5 Å². The molecule has 0 bridgehead atoms. The van der Waals surface area contributed by atoms with E-state index >= 15 is 0 Å². The van der Waals surface area contributed by atoms with Gasteiger partial charge in [-0.25, -0.2) is 4.99 Å². The molecule has 8 nitrogen and oxygen atoms in total. The predicted octanol–water partition coefficient (Wildman–Crippen LogP) is 5.59. The first kappa shape index (κ1) is 28.2. The van der Waals surface area contributed by atoms with E-state index in [-0.39, 0.29) is 11.8 Å². The molecular formula is C30H28IN3O5S. The van der Waals surface area contributed by atoms with E-state index in [1.165, 1.54) is 16.7 Å². The van der Waals surface area contributed by atoms with Gasteiger partial charge in [-0.05, 0) is 81.9 Å². The highest BCUT2D eigenvalue weighted by Gasteiger charge is 2.30. The first-order valence-corrected chi connectivity index (χ1v) is 14.6. The molecule has 2 fully saturated rings. The molecule has 0 radical (unpaired) electrons. The van der Waals surface area contributed by atoms with Crippen molar-refractivity contribution in [2.24, 2.45) is 4.99 Å². The molecule has 2 heterocycles. The second-order valence-corrected chi connectivity index (χ2v) is 11.3. The van der Waals surface area contributed by atoms with Crippen LogP contribution in [0.15, 0.2) is 76.6 Å². The lowest BCUT2D eigenvalue weighted by molar-refractivity contribution is -0.121. The molecule has 5 rings (SSSR count). The Labute approximate surface area is 251 Å². The summed E-state index contributed by atoms with van der Waals surface area (Å²) in [6.45, 7) is 2.65. The number of benzene rings is 3. The Morgan fingerprint density at radius 3 is 2.62 bits per heavy atom. The predicted molar refractivity (Wildman–Crippen MR) is 165 cm³/mol. The van der Waals surface area contributed by atoms with Gasteiger partial charge < -0.3 is 19.1 Å². The zero-order valence-electron chi connectivity index (χ0n) is 22.1. The second-order valence-electron chi connectivity index (χ2n) is 9.13. The normalized spacial score (nSPS) is 17.5. The van der Waals surface area contributed by atoms with Gasteiger partial charge in [-0.15, -0.1) is 0 Å². The Morgan fingerprint density at radius 2 is 1.88 bits per heavy atom. The molecule has 0 N–H and O–H groups in total. The monoisotopic (exact) mass is 669 g/mol. The fraction of sp³-hybridized carbons (Fsp3) is 0.233. The summed E-state index contributed by atoms with van der Waals surface area (Å²) in [7, 11) is 3.30. The van der Waals surface area contributed by atoms with E-state index in [2.05, 4.69) is 22.6 Å². The van der Waals surface area contributed by atoms with E-state index in [9.17, 15) is 9.59 Å². The highest BCUT2D eigenvalue weighted by atomic mass is 127. The Kier molecular flexibility index (Phi) is 9.08. The number of halogens is 1. The van der Waals surface area contributed by atoms with Crippen molar-refractivity contribution >= 4 is 63.1 Å². The molecule has 3 aromatic carbocycles. The van der Waals surface area contributed by atoms with Gasteiger partial charge in [0.05, 0.1) is 34.5 Å². The number of methoxy groups -OCH3 is 1. The van der Waals surface area contributed by atoms with E-state index in [1.807, 2.05) is 54.6 Å². The van der Waals surface area contributed by atoms with Crippen LogP contribution in [0.2, 0.25) is 0 Å². The minimum atomic E-state index is -0.150. The first-order chi connectivity index (χ1) is 19.4. The number of hydrogen-bond donors (Lipinski definition) is 0. The number of nitrogens with zero attached hydrogens (tertiary/aromatic N) is 3. The zero-order valence-corrected chi connectivity index (χ0v) is 25.1. The molecule has 2 saturated heterocycles. The lowest BCUT2D eigenvalue weighted by atomic mass is 10.1. The molecule has 0 aromatic heterocycles. The van der Waals surface area contributed by atoms with Gasteiger partial charge in [-0.2, -0.15) is 0 Å². The van der Waals surface area contributed by atoms with Gasteiger partial charge in [-0.3, -0.25) is 14.5 Å². The van der Waals surface area contributed by atoms with Gasteiger partial charge in [-0.1, -0.05) is 36.4 Å². The number of carbonyl (C=O) groups excluding carboxylic acids is 2. The Bertz CT molecular complexity index is 1470. The summed E-state index contributed by atoms with van der Waals surface area (Å²) in [4.78, 5) is 34.5. The molecule has 2 aliphatic heterocycles. The number of carbonyl (C=O) groups is 2. The van der Waals surface area contributed by atoms with Gasteiger partial charge in [0.2, 0.25) is 0 Å². The summed E-state index contributed by atoms with van der Waals surface area (Å²) < 4.78 is 17.9. The summed E-state index contributed by atoms with van der Waals surface area (Å²) in [6.07, 6.45) is 1.83. The van der Waals surface area contributed by atoms with Crippen LogP contribution in [0.25, 0.3) is 6.08 Å². The number of thioether (sulfide) groups is 1. The molecule has 40 heavy (non-hydrogen) atoms. The van der Waals surface area contributed by atoms with Gasteiger partial charge in [0.15, 0.2) is 16.7 Å². The number of amidine groups is 1. The number of morpholine rings is 1. The van der Waals surface area contributed by atoms with Gasteiger partial charge in [0, 0.05) is 25.7 Å². The van der Waals surface area contributed by atoms with E-state index in [4.69, 9.17) is 19.2 Å². The minimum Gasteiger partial charge on any atom is -0.493 e. The highest BCUT2D eigenvalue weighted by Crippen LogP contribution is 2.38. The van der Waals surface area contributed by atoms with Gasteiger partial charge in [0.25, 0.3) is 11.8 Å². The fourth-order valence-electron chi connectivity index (χ4n) is 4.26. The number of hydrogen-bond acceptors (Lipinski definition) is 7. The minimum absolute atomic E-state index is 0.0470. The molecule has 3 aromatic rings. The highest BCUT2D eigenvalue weighted by molar-refractivity contribution is 14.1. The Balaban J connectivity index is 1.34. The maximum Gasteiger partial charge on any atom is 0.266 e. The molecule has 206 valence electrons. The molecule has 0 saturated carbocycles. The van der Waals surface area contributed by atoms with Crippen molar-refractivity contribution in [3.05, 3.63) is 91.9 Å². The van der Waals surface area contributed by atoms with Gasteiger partial charge in [0.1, 0.15) is 6.61 Å². The average Bonchev–Trinajstić information content (AvgIpc) is 3.24. The molecule has 2 aliphatic rings. The van der Waals surface area contributed by atoms with E-state index in [1.54, 1.807) is 37.3 Å². The number of ether oxygens (including phenoxy) is 3. The van der Waals surface area contributed by atoms with Crippen LogP contribution in [0.1, 0.15) is 21.5 Å². The third kappa shape index (κ3) is 6.51. The first-order valence-electron chi connectivity index (χ1n) is 12.7. The van der Waals surface area contributed by atoms with E-state index in [0.29, 0.717) is 65.7 Å². The van der Waals surface area contributed by atoms with Crippen LogP contribution in [-0.4, -0.2) is 67.2 Å². The van der Waals surface area contributed by atoms with Crippen LogP contribution >= 0.6 is 34.4 Å². The topological polar surface area (TPSA) is 80.7 Å². The molecule has 2 amide bonds. The van der Waals surface area contributed by atoms with Crippen molar-refractivity contribution in [1.82, 2.24) is 9.80 Å². The summed E-state index contributed by atoms with van der Waals surface area (Å²) in [5.74, 6) is 1.05. The lowest BCUT2D eigenvalue weighted by Gasteiger charge is -2.26. The second kappa shape index (κ2) is 12.9. The van der Waals surface area contributed by atoms with Crippen LogP contribution < -0.4 is 9.47 Å². The lowest BCUT2D eigenvalue weighted by Crippen LogP contribution is -2.40. The zero-order chi connectivity index (χ0) is 28.1. The van der Waals surface area contributed by atoms with Crippen LogP contribution in [0.3, 0.4) is 0 Å². The number of likely N-dealkylation sites (N-methyl/N-ethyl adjacent to an activating group) is 1. The molecule has 0 spiro atoms. The summed E-state index contributed by atoms with van der Waals surface area (Å²) in [5, 5.41) is 0.539. The van der Waals surface area contributed by atoms with Crippen molar-refractivity contribution in [2.45, 2.75) is 6.61 Å². The smallest absolute Gasteiger partial charge is 0.266 e. The van der Waals surface area contributed by atoms with Crippen molar-refractivity contribution in [1.29, 1.82) is 0 Å². The molecular weight excluding hydrogens is 641 g/mol. The van der Waals surface area contributed by atoms with Crippen molar-refractivity contribution in [3.8, 4) is 11.5 Å². The van der Waals surface area contributed by atoms with Crippen molar-refractivity contribution in [3.63, 3.8) is 0 Å². The molecule has 0 atom stereocenters. The van der Waals surface area contributed by atoms with Crippen LogP contribution in [-0.2, 0) is 16.1 Å². The summed E-state index contributed by atoms with van der Waals surface area (Å²) in [5.41, 5.74) is 3.05. The summed E-state index contributed by atoms with van der Waals surface area (Å²) >= 11 is 3.51. The largest absolute Gasteiger partial charge is 0.493 e. The molecule has 0 unspecified atom stereocenters. The Morgan fingerprint density at radius 1 is 1.10 bits per heavy atom. The van der Waals surface area contributed by atoms with E-state index in [0.717, 1.165) is 14.7 Å². The number of rotatable bonds is 7. The summed E-state index contributed by atoms with van der Waals surface area (Å²) in [6, 6.07) is 20.9. The standard InChI is InChI=1S/C30H28IN3O5S/c1-33-29(36)26(17-21-15-24(31)27(25(16-21)37-2)39-19-20-7-4-3-5-8-20)40-30(33)32-23-10-6-9-22(18-23)28(35)34-11-13-38-14-12-34/h3-10,15-18H,11-14,19H2,1-2H3/b26-17+,32-30?. The van der Waals surface area contributed by atoms with Crippen LogP contribution in [0, 0.1) is 3.57 Å². The molecule has 10 heteroatoms. The van der Waals surface area contributed by atoms with Crippen LogP contribution in [0.4, 0.5) is 5.69 Å². The van der Waals surface area contributed by atoms with Crippen molar-refractivity contribution in [2.75, 3.05) is 40.5 Å². The maximum absolute atomic E-state index is 13.1. The Hall–Kier alpha value is -3.35. The third-order valence-corrected chi connectivity index (χ3v) is 8.26. The fourth-order valence-corrected chi connectivity index (χ4v) is 6.03. The molecule has 0 aliphatic carbocycles. The number of amides is 2. The van der Waals surface area contributed by atoms with Crippen molar-refractivity contribution < 1.29 is 23.8 Å². The van der Waals surface area contributed by atoms with E-state index < -0.39 is 0 Å².